The van der Waals surface area contributed by atoms with E-state index in [0.717, 1.165) is 5.56 Å². The number of phenols is 1. The Labute approximate surface area is 221 Å². The van der Waals surface area contributed by atoms with Gasteiger partial charge in [0.2, 0.25) is 5.91 Å². The number of amides is 2. The molecule has 2 aromatic rings. The highest BCUT2D eigenvalue weighted by Gasteiger charge is 2.35. The van der Waals surface area contributed by atoms with Crippen LogP contribution in [0, 0.1) is 25.2 Å². The number of aryl methyl sites for hydroxylation is 2. The molecule has 1 aliphatic rings. The van der Waals surface area contributed by atoms with E-state index in [1.165, 1.54) is 0 Å². The summed E-state index contributed by atoms with van der Waals surface area (Å²) in [6, 6.07) is 9.87. The van der Waals surface area contributed by atoms with Gasteiger partial charge in [-0.2, -0.15) is 0 Å². The summed E-state index contributed by atoms with van der Waals surface area (Å²) in [5, 5.41) is 32.6. The average Bonchev–Trinajstić information content (AvgIpc) is 2.87. The highest BCUT2D eigenvalue weighted by atomic mass is 16.5. The van der Waals surface area contributed by atoms with E-state index in [4.69, 9.17) is 15.9 Å². The molecule has 0 saturated carbocycles. The Morgan fingerprint density at radius 3 is 2.26 bits per heavy atom. The number of aliphatic carboxylic acids is 1. The van der Waals surface area contributed by atoms with Crippen LogP contribution in [0.3, 0.4) is 0 Å². The SMILES string of the molecule is Cc1cc(O)cc(C)c1C[C@H](NC(=O)[C@H](NC(=O)OCc1ccccc1)C1CCN(C(=N)N)CC1)C(=O)O. The lowest BCUT2D eigenvalue weighted by atomic mass is 9.88. The highest BCUT2D eigenvalue weighted by molar-refractivity contribution is 5.89. The van der Waals surface area contributed by atoms with Gasteiger partial charge < -0.3 is 36.2 Å². The van der Waals surface area contributed by atoms with E-state index in [1.807, 2.05) is 18.2 Å². The molecule has 1 aliphatic heterocycles. The second-order valence-corrected chi connectivity index (χ2v) is 9.56. The van der Waals surface area contributed by atoms with Gasteiger partial charge in [0.25, 0.3) is 0 Å². The fraction of sp³-hybridized carbons (Fsp3) is 0.407. The first-order valence-corrected chi connectivity index (χ1v) is 12.4. The number of nitrogens with one attached hydrogen (secondary N) is 3. The number of piperidine rings is 1. The maximum Gasteiger partial charge on any atom is 0.408 e. The molecule has 1 saturated heterocycles. The maximum absolute atomic E-state index is 13.4. The molecule has 1 fully saturated rings. The largest absolute Gasteiger partial charge is 0.508 e. The average molecular weight is 526 g/mol. The molecule has 2 atom stereocenters. The number of hydrogen-bond acceptors (Lipinski definition) is 6. The van der Waals surface area contributed by atoms with Gasteiger partial charge in [0.1, 0.15) is 24.4 Å². The van der Waals surface area contributed by atoms with Gasteiger partial charge in [-0.3, -0.25) is 10.2 Å². The second-order valence-electron chi connectivity index (χ2n) is 9.56. The summed E-state index contributed by atoms with van der Waals surface area (Å²) in [4.78, 5) is 39.9. The van der Waals surface area contributed by atoms with Crippen molar-refractivity contribution in [3.63, 3.8) is 0 Å². The summed E-state index contributed by atoms with van der Waals surface area (Å²) in [6.07, 6.45) is 0.141. The van der Waals surface area contributed by atoms with Crippen molar-refractivity contribution in [1.29, 1.82) is 5.41 Å². The standard InChI is InChI=1S/C27H35N5O6/c1-16-12-20(33)13-17(2)21(16)14-22(25(35)36)30-24(34)23(19-8-10-32(11-9-19)26(28)29)31-27(37)38-15-18-6-4-3-5-7-18/h3-7,12-13,19,22-23,33H,8-11,14-15H2,1-2H3,(H3,28,29)(H,30,34)(H,31,37)(H,35,36)/t22-,23+/m0/s1. The molecule has 2 aromatic carbocycles. The summed E-state index contributed by atoms with van der Waals surface area (Å²) in [7, 11) is 0. The van der Waals surface area contributed by atoms with Crippen LogP contribution in [0.1, 0.15) is 35.1 Å². The maximum atomic E-state index is 13.4. The minimum atomic E-state index is -1.26. The van der Waals surface area contributed by atoms with Crippen molar-refractivity contribution in [2.24, 2.45) is 11.7 Å². The van der Waals surface area contributed by atoms with E-state index >= 15 is 0 Å². The molecular weight excluding hydrogens is 490 g/mol. The van der Waals surface area contributed by atoms with Crippen molar-refractivity contribution < 1.29 is 29.3 Å². The first-order chi connectivity index (χ1) is 18.0. The van der Waals surface area contributed by atoms with Crippen LogP contribution < -0.4 is 16.4 Å². The number of aromatic hydroxyl groups is 1. The number of carboxylic acids is 1. The third-order valence-electron chi connectivity index (χ3n) is 6.82. The zero-order valence-electron chi connectivity index (χ0n) is 21.6. The Morgan fingerprint density at radius 2 is 1.71 bits per heavy atom. The lowest BCUT2D eigenvalue weighted by molar-refractivity contribution is -0.142. The van der Waals surface area contributed by atoms with Crippen molar-refractivity contribution in [2.75, 3.05) is 13.1 Å². The molecule has 2 amide bonds. The normalized spacial score (nSPS) is 15.3. The number of carbonyl (C=O) groups excluding carboxylic acids is 2. The smallest absolute Gasteiger partial charge is 0.408 e. The van der Waals surface area contributed by atoms with Crippen LogP contribution in [0.5, 0.6) is 5.75 Å². The van der Waals surface area contributed by atoms with Crippen LogP contribution in [0.2, 0.25) is 0 Å². The van der Waals surface area contributed by atoms with Gasteiger partial charge >= 0.3 is 12.1 Å². The molecule has 1 heterocycles. The quantitative estimate of drug-likeness (QED) is 0.213. The number of rotatable bonds is 9. The predicted octanol–water partition coefficient (Wildman–Crippen LogP) is 2.02. The topological polar surface area (TPSA) is 178 Å². The number of guanidine groups is 1. The molecule has 3 rings (SSSR count). The number of hydrogen-bond donors (Lipinski definition) is 6. The number of phenolic OH excluding ortho intramolecular Hbond substituents is 1. The molecule has 0 aliphatic carbocycles. The summed E-state index contributed by atoms with van der Waals surface area (Å²) in [5.41, 5.74) is 8.49. The number of likely N-dealkylation sites (tertiary alicyclic amines) is 1. The van der Waals surface area contributed by atoms with E-state index in [9.17, 15) is 24.6 Å². The van der Waals surface area contributed by atoms with Crippen LogP contribution in [0.15, 0.2) is 42.5 Å². The highest BCUT2D eigenvalue weighted by Crippen LogP contribution is 2.24. The number of nitrogens with two attached hydrogens (primary N) is 1. The van der Waals surface area contributed by atoms with Gasteiger partial charge in [-0.1, -0.05) is 30.3 Å². The summed E-state index contributed by atoms with van der Waals surface area (Å²) >= 11 is 0. The lowest BCUT2D eigenvalue weighted by Crippen LogP contribution is -2.57. The molecule has 0 bridgehead atoms. The minimum Gasteiger partial charge on any atom is -0.508 e. The van der Waals surface area contributed by atoms with Crippen molar-refractivity contribution >= 4 is 23.9 Å². The van der Waals surface area contributed by atoms with Gasteiger partial charge in [-0.15, -0.1) is 0 Å². The lowest BCUT2D eigenvalue weighted by Gasteiger charge is -2.36. The third-order valence-corrected chi connectivity index (χ3v) is 6.82. The number of carboxylic acid groups (broad SMARTS) is 1. The number of ether oxygens (including phenoxy) is 1. The van der Waals surface area contributed by atoms with Crippen molar-refractivity contribution in [1.82, 2.24) is 15.5 Å². The van der Waals surface area contributed by atoms with Crippen LogP contribution in [-0.4, -0.2) is 64.2 Å². The first-order valence-electron chi connectivity index (χ1n) is 12.4. The van der Waals surface area contributed by atoms with Gasteiger partial charge in [0.05, 0.1) is 0 Å². The number of benzene rings is 2. The van der Waals surface area contributed by atoms with Crippen LogP contribution in [-0.2, 0) is 27.4 Å². The zero-order valence-corrected chi connectivity index (χ0v) is 21.6. The zero-order chi connectivity index (χ0) is 27.8. The molecule has 0 radical (unpaired) electrons. The van der Waals surface area contributed by atoms with Gasteiger partial charge in [-0.25, -0.2) is 9.59 Å². The molecule has 38 heavy (non-hydrogen) atoms. The van der Waals surface area contributed by atoms with E-state index in [-0.39, 0.29) is 30.7 Å². The fourth-order valence-electron chi connectivity index (χ4n) is 4.72. The number of alkyl carbamates (subject to hydrolysis) is 1. The Morgan fingerprint density at radius 1 is 1.11 bits per heavy atom. The van der Waals surface area contributed by atoms with Gasteiger partial charge in [0.15, 0.2) is 5.96 Å². The van der Waals surface area contributed by atoms with Crippen LogP contribution in [0.25, 0.3) is 0 Å². The molecular formula is C27H35N5O6. The molecule has 11 heteroatoms. The minimum absolute atomic E-state index is 0.00692. The Kier molecular flexibility index (Phi) is 9.53. The number of carbonyl (C=O) groups is 3. The Bertz CT molecular complexity index is 1140. The van der Waals surface area contributed by atoms with Crippen molar-refractivity contribution in [3.8, 4) is 5.75 Å². The Balaban J connectivity index is 1.75. The molecule has 0 unspecified atom stereocenters. The summed E-state index contributed by atoms with van der Waals surface area (Å²) in [5.74, 6) is -2.16. The van der Waals surface area contributed by atoms with Crippen molar-refractivity contribution in [3.05, 3.63) is 64.7 Å². The monoisotopic (exact) mass is 525 g/mol. The van der Waals surface area contributed by atoms with E-state index in [1.54, 1.807) is 43.0 Å². The summed E-state index contributed by atoms with van der Waals surface area (Å²) in [6.45, 7) is 4.40. The van der Waals surface area contributed by atoms with E-state index < -0.39 is 30.1 Å². The van der Waals surface area contributed by atoms with Gasteiger partial charge in [0, 0.05) is 19.5 Å². The second kappa shape index (κ2) is 12.8. The molecule has 0 spiro atoms. The number of nitrogens with zero attached hydrogens (tertiary/aromatic N) is 1. The predicted molar refractivity (Wildman–Crippen MR) is 141 cm³/mol. The fourth-order valence-corrected chi connectivity index (χ4v) is 4.72. The molecule has 11 nitrogen and oxygen atoms in total. The molecule has 0 aromatic heterocycles. The van der Waals surface area contributed by atoms with Crippen LogP contribution >= 0.6 is 0 Å². The summed E-state index contributed by atoms with van der Waals surface area (Å²) < 4.78 is 5.32. The van der Waals surface area contributed by atoms with Gasteiger partial charge in [-0.05, 0) is 67.0 Å². The first kappa shape index (κ1) is 28.3. The third kappa shape index (κ3) is 7.61. The molecule has 7 N–H and O–H groups in total. The molecule has 204 valence electrons. The Hall–Kier alpha value is -4.28. The van der Waals surface area contributed by atoms with Crippen molar-refractivity contribution in [2.45, 2.75) is 51.8 Å². The van der Waals surface area contributed by atoms with Crippen LogP contribution in [0.4, 0.5) is 4.79 Å². The van der Waals surface area contributed by atoms with E-state index in [2.05, 4.69) is 10.6 Å². The van der Waals surface area contributed by atoms with E-state index in [0.29, 0.717) is 42.6 Å².